The average Bonchev–Trinajstić information content (AvgIpc) is 2.62. The number of carbonyl (C=O) groups is 1. The summed E-state index contributed by atoms with van der Waals surface area (Å²) < 4.78 is 44.0. The highest BCUT2D eigenvalue weighted by molar-refractivity contribution is 6.36. The van der Waals surface area contributed by atoms with Gasteiger partial charge in [-0.1, -0.05) is 23.2 Å². The number of halogens is 5. The van der Waals surface area contributed by atoms with E-state index in [1.54, 1.807) is 0 Å². The maximum atomic E-state index is 13.0. The van der Waals surface area contributed by atoms with Crippen molar-refractivity contribution in [2.24, 2.45) is 0 Å². The molecule has 1 aliphatic heterocycles. The van der Waals surface area contributed by atoms with E-state index in [-0.39, 0.29) is 44.5 Å². The predicted molar refractivity (Wildman–Crippen MR) is 96.1 cm³/mol. The number of nitrogens with zero attached hydrogens (tertiary/aromatic N) is 2. The number of amides is 1. The minimum atomic E-state index is -4.65. The number of ether oxygens (including phenoxy) is 1. The van der Waals surface area contributed by atoms with Crippen LogP contribution in [0.5, 0.6) is 5.75 Å². The number of rotatable bonds is 3. The Morgan fingerprint density at radius 3 is 2.61 bits per heavy atom. The number of alkyl halides is 3. The average molecular weight is 434 g/mol. The summed E-state index contributed by atoms with van der Waals surface area (Å²) in [5.41, 5.74) is -1.09. The number of allylic oxidation sites excluding steroid dienone is 1. The molecule has 148 valence electrons. The van der Waals surface area contributed by atoms with Crippen molar-refractivity contribution in [1.29, 1.82) is 0 Å². The number of hydrogen-bond donors (Lipinski definition) is 2. The molecule has 0 fully saturated rings. The lowest BCUT2D eigenvalue weighted by Crippen LogP contribution is -2.29. The van der Waals surface area contributed by atoms with E-state index in [0.29, 0.717) is 0 Å². The molecule has 2 aromatic rings. The Balaban J connectivity index is 2.05. The van der Waals surface area contributed by atoms with Crippen molar-refractivity contribution in [2.75, 3.05) is 13.7 Å². The minimum Gasteiger partial charge on any atom is -0.494 e. The van der Waals surface area contributed by atoms with Crippen molar-refractivity contribution in [2.45, 2.75) is 6.18 Å². The second kappa shape index (κ2) is 7.50. The van der Waals surface area contributed by atoms with E-state index < -0.39 is 17.8 Å². The van der Waals surface area contributed by atoms with Crippen molar-refractivity contribution in [3.8, 4) is 5.75 Å². The Labute approximate surface area is 166 Å². The molecule has 0 spiro atoms. The molecule has 0 unspecified atom stereocenters. The van der Waals surface area contributed by atoms with Crippen LogP contribution in [0.3, 0.4) is 0 Å². The monoisotopic (exact) mass is 433 g/mol. The fourth-order valence-corrected chi connectivity index (χ4v) is 3.21. The molecule has 0 radical (unpaired) electrons. The Hall–Kier alpha value is -2.49. The highest BCUT2D eigenvalue weighted by Gasteiger charge is 2.33. The summed E-state index contributed by atoms with van der Waals surface area (Å²) in [6.45, 7) is -0.0900. The number of pyridine rings is 1. The Kier molecular flexibility index (Phi) is 5.42. The number of aromatic nitrogens is 1. The van der Waals surface area contributed by atoms with Gasteiger partial charge in [0.25, 0.3) is 5.91 Å². The van der Waals surface area contributed by atoms with Crippen molar-refractivity contribution < 1.29 is 27.9 Å². The molecule has 0 saturated carbocycles. The van der Waals surface area contributed by atoms with Crippen LogP contribution in [-0.2, 0) is 6.18 Å². The molecule has 28 heavy (non-hydrogen) atoms. The van der Waals surface area contributed by atoms with Gasteiger partial charge in [-0.3, -0.25) is 15.1 Å². The highest BCUT2D eigenvalue weighted by Crippen LogP contribution is 2.33. The molecule has 1 aliphatic rings. The molecule has 0 aliphatic carbocycles. The van der Waals surface area contributed by atoms with Gasteiger partial charge in [0.1, 0.15) is 17.0 Å². The van der Waals surface area contributed by atoms with E-state index >= 15 is 0 Å². The number of nitrogens with one attached hydrogen (secondary N) is 1. The molecular weight excluding hydrogens is 422 g/mol. The lowest BCUT2D eigenvalue weighted by Gasteiger charge is -2.21. The molecule has 6 nitrogen and oxygen atoms in total. The van der Waals surface area contributed by atoms with Crippen LogP contribution in [0.4, 0.5) is 13.2 Å². The summed E-state index contributed by atoms with van der Waals surface area (Å²) in [5, 5.41) is 12.9. The molecule has 0 saturated heterocycles. The van der Waals surface area contributed by atoms with E-state index in [0.717, 1.165) is 23.4 Å². The number of carbonyl (C=O) groups excluding carboxylic acids is 1. The zero-order valence-corrected chi connectivity index (χ0v) is 15.7. The Morgan fingerprint density at radius 2 is 2.00 bits per heavy atom. The van der Waals surface area contributed by atoms with Crippen LogP contribution in [0.1, 0.15) is 16.1 Å². The number of methoxy groups -OCH3 is 1. The Morgan fingerprint density at radius 1 is 1.29 bits per heavy atom. The van der Waals surface area contributed by atoms with Gasteiger partial charge in [-0.25, -0.2) is 4.98 Å². The molecule has 0 atom stereocenters. The van der Waals surface area contributed by atoms with Crippen LogP contribution < -0.4 is 10.1 Å². The molecule has 1 aromatic carbocycles. The standard InChI is InChI=1S/C17H12Cl2F3N3O3/c1-28-12-4-2-9(8-3-5-13(17(20,21)22)23-14(8)12)16(26)24-15-10(18)6-25(27)7-11(15)19/h2-6,27H,7H2,1H3,(H,24,26). The lowest BCUT2D eigenvalue weighted by atomic mass is 10.1. The van der Waals surface area contributed by atoms with E-state index in [2.05, 4.69) is 10.3 Å². The molecule has 11 heteroatoms. The largest absolute Gasteiger partial charge is 0.494 e. The smallest absolute Gasteiger partial charge is 0.433 e. The number of benzene rings is 1. The summed E-state index contributed by atoms with van der Waals surface area (Å²) in [4.78, 5) is 16.3. The van der Waals surface area contributed by atoms with Gasteiger partial charge >= 0.3 is 6.18 Å². The molecule has 2 heterocycles. The van der Waals surface area contributed by atoms with Crippen molar-refractivity contribution >= 4 is 40.0 Å². The molecular formula is C17H12Cl2F3N3O3. The molecule has 3 rings (SSSR count). The minimum absolute atomic E-state index is 0.0117. The first-order valence-electron chi connectivity index (χ1n) is 7.70. The van der Waals surface area contributed by atoms with E-state index in [1.807, 2.05) is 0 Å². The first kappa shape index (κ1) is 20.2. The van der Waals surface area contributed by atoms with E-state index in [1.165, 1.54) is 19.2 Å². The van der Waals surface area contributed by atoms with Crippen LogP contribution in [0.2, 0.25) is 0 Å². The van der Waals surface area contributed by atoms with E-state index in [4.69, 9.17) is 27.9 Å². The van der Waals surface area contributed by atoms with Crippen molar-refractivity contribution in [3.63, 3.8) is 0 Å². The summed E-state index contributed by atoms with van der Waals surface area (Å²) in [7, 11) is 1.29. The Bertz CT molecular complexity index is 1020. The van der Waals surface area contributed by atoms with Crippen LogP contribution in [0.25, 0.3) is 10.9 Å². The summed E-state index contributed by atoms with van der Waals surface area (Å²) in [6.07, 6.45) is -3.49. The first-order valence-corrected chi connectivity index (χ1v) is 8.45. The number of hydrogen-bond acceptors (Lipinski definition) is 5. The third-order valence-corrected chi connectivity index (χ3v) is 4.48. The third kappa shape index (κ3) is 3.87. The maximum absolute atomic E-state index is 13.0. The predicted octanol–water partition coefficient (Wildman–Crippen LogP) is 4.23. The van der Waals surface area contributed by atoms with Crippen molar-refractivity contribution in [1.82, 2.24) is 15.4 Å². The summed E-state index contributed by atoms with van der Waals surface area (Å²) >= 11 is 12.0. The first-order chi connectivity index (χ1) is 13.1. The number of fused-ring (bicyclic) bond motifs is 1. The van der Waals surface area contributed by atoms with Gasteiger partial charge in [-0.2, -0.15) is 13.2 Å². The van der Waals surface area contributed by atoms with Gasteiger partial charge < -0.3 is 10.1 Å². The molecule has 2 N–H and O–H groups in total. The zero-order chi connectivity index (χ0) is 20.6. The fraction of sp³-hybridized carbons (Fsp3) is 0.176. The maximum Gasteiger partial charge on any atom is 0.433 e. The topological polar surface area (TPSA) is 74.7 Å². The van der Waals surface area contributed by atoms with Gasteiger partial charge in [-0.05, 0) is 24.3 Å². The van der Waals surface area contributed by atoms with Crippen LogP contribution in [-0.4, -0.2) is 34.8 Å². The normalized spacial score (nSPS) is 15.0. The number of hydroxylamine groups is 2. The second-order valence-electron chi connectivity index (χ2n) is 5.71. The fourth-order valence-electron chi connectivity index (χ4n) is 2.61. The second-order valence-corrected chi connectivity index (χ2v) is 6.58. The molecule has 1 amide bonds. The van der Waals surface area contributed by atoms with Crippen molar-refractivity contribution in [3.05, 3.63) is 57.5 Å². The summed E-state index contributed by atoms with van der Waals surface area (Å²) in [5.74, 6) is -0.582. The van der Waals surface area contributed by atoms with Gasteiger partial charge in [0, 0.05) is 17.1 Å². The third-order valence-electron chi connectivity index (χ3n) is 3.89. The van der Waals surface area contributed by atoms with E-state index in [9.17, 15) is 23.2 Å². The SMILES string of the molecule is COc1ccc(C(=O)NC2=C(Cl)CN(O)C=C2Cl)c2ccc(C(F)(F)F)nc12. The van der Waals surface area contributed by atoms with Gasteiger partial charge in [0.2, 0.25) is 0 Å². The van der Waals surface area contributed by atoms with Crippen LogP contribution >= 0.6 is 23.2 Å². The quantitative estimate of drug-likeness (QED) is 0.757. The molecule has 0 bridgehead atoms. The highest BCUT2D eigenvalue weighted by atomic mass is 35.5. The van der Waals surface area contributed by atoms with Crippen LogP contribution in [0.15, 0.2) is 46.2 Å². The van der Waals surface area contributed by atoms with Gasteiger partial charge in [-0.15, -0.1) is 0 Å². The zero-order valence-electron chi connectivity index (χ0n) is 14.1. The summed E-state index contributed by atoms with van der Waals surface area (Å²) in [6, 6.07) is 4.65. The van der Waals surface area contributed by atoms with Crippen LogP contribution in [0, 0.1) is 0 Å². The van der Waals surface area contributed by atoms with Gasteiger partial charge in [0.15, 0.2) is 0 Å². The lowest BCUT2D eigenvalue weighted by molar-refractivity contribution is -0.140. The van der Waals surface area contributed by atoms with Gasteiger partial charge in [0.05, 0.1) is 29.4 Å². The molecule has 1 aromatic heterocycles.